The molecule has 0 spiro atoms. The second-order valence-electron chi connectivity index (χ2n) is 6.53. The SMILES string of the molecule is COc1ccccc1-c1ccc(NC(=O)CCc2nc3ccccc3[nH]2)cc1. The highest BCUT2D eigenvalue weighted by molar-refractivity contribution is 5.91. The molecule has 5 heteroatoms. The van der Waals surface area contributed by atoms with Gasteiger partial charge in [0.1, 0.15) is 11.6 Å². The van der Waals surface area contributed by atoms with Crippen LogP contribution < -0.4 is 10.1 Å². The van der Waals surface area contributed by atoms with Crippen molar-refractivity contribution in [2.24, 2.45) is 0 Å². The number of hydrogen-bond acceptors (Lipinski definition) is 3. The molecule has 0 fully saturated rings. The molecule has 28 heavy (non-hydrogen) atoms. The van der Waals surface area contributed by atoms with Crippen LogP contribution in [0.15, 0.2) is 72.8 Å². The fraction of sp³-hybridized carbons (Fsp3) is 0.130. The lowest BCUT2D eigenvalue weighted by molar-refractivity contribution is -0.116. The van der Waals surface area contributed by atoms with E-state index >= 15 is 0 Å². The molecule has 2 N–H and O–H groups in total. The number of aromatic amines is 1. The normalized spacial score (nSPS) is 10.8. The van der Waals surface area contributed by atoms with Gasteiger partial charge in [-0.2, -0.15) is 0 Å². The van der Waals surface area contributed by atoms with Gasteiger partial charge < -0.3 is 15.0 Å². The topological polar surface area (TPSA) is 67.0 Å². The van der Waals surface area contributed by atoms with Crippen molar-refractivity contribution in [3.8, 4) is 16.9 Å². The number of H-pyrrole nitrogens is 1. The van der Waals surface area contributed by atoms with E-state index in [-0.39, 0.29) is 5.91 Å². The fourth-order valence-corrected chi connectivity index (χ4v) is 3.20. The van der Waals surface area contributed by atoms with Gasteiger partial charge in [-0.15, -0.1) is 0 Å². The third-order valence-electron chi connectivity index (χ3n) is 4.61. The van der Waals surface area contributed by atoms with E-state index in [9.17, 15) is 4.79 Å². The smallest absolute Gasteiger partial charge is 0.224 e. The molecule has 0 atom stereocenters. The summed E-state index contributed by atoms with van der Waals surface area (Å²) >= 11 is 0. The number of imidazole rings is 1. The molecule has 140 valence electrons. The Kier molecular flexibility index (Phi) is 5.06. The van der Waals surface area contributed by atoms with Crippen LogP contribution in [-0.4, -0.2) is 23.0 Å². The van der Waals surface area contributed by atoms with E-state index in [1.165, 1.54) is 0 Å². The molecule has 0 aliphatic rings. The Labute approximate surface area is 163 Å². The van der Waals surface area contributed by atoms with Crippen LogP contribution in [0, 0.1) is 0 Å². The first-order valence-corrected chi connectivity index (χ1v) is 9.20. The van der Waals surface area contributed by atoms with Gasteiger partial charge >= 0.3 is 0 Å². The second kappa shape index (κ2) is 7.96. The summed E-state index contributed by atoms with van der Waals surface area (Å²) in [6.45, 7) is 0. The monoisotopic (exact) mass is 371 g/mol. The van der Waals surface area contributed by atoms with Gasteiger partial charge in [-0.25, -0.2) is 4.98 Å². The number of nitrogens with one attached hydrogen (secondary N) is 2. The number of ether oxygens (including phenoxy) is 1. The lowest BCUT2D eigenvalue weighted by Crippen LogP contribution is -2.12. The maximum absolute atomic E-state index is 12.3. The van der Waals surface area contributed by atoms with E-state index in [0.717, 1.165) is 39.4 Å². The first-order chi connectivity index (χ1) is 13.7. The number of para-hydroxylation sites is 3. The number of aryl methyl sites for hydroxylation is 1. The van der Waals surface area contributed by atoms with Crippen molar-refractivity contribution in [1.82, 2.24) is 9.97 Å². The van der Waals surface area contributed by atoms with E-state index in [0.29, 0.717) is 12.8 Å². The number of nitrogens with zero attached hydrogens (tertiary/aromatic N) is 1. The molecule has 0 aliphatic carbocycles. The molecule has 0 unspecified atom stereocenters. The number of amides is 1. The van der Waals surface area contributed by atoms with Crippen LogP contribution in [0.25, 0.3) is 22.2 Å². The number of hydrogen-bond donors (Lipinski definition) is 2. The minimum atomic E-state index is -0.0366. The highest BCUT2D eigenvalue weighted by Crippen LogP contribution is 2.30. The maximum atomic E-state index is 12.3. The molecule has 1 aromatic heterocycles. The lowest BCUT2D eigenvalue weighted by Gasteiger charge is -2.09. The van der Waals surface area contributed by atoms with Crippen molar-refractivity contribution >= 4 is 22.6 Å². The van der Waals surface area contributed by atoms with Crippen molar-refractivity contribution in [3.05, 3.63) is 78.6 Å². The van der Waals surface area contributed by atoms with Gasteiger partial charge in [0.15, 0.2) is 0 Å². The van der Waals surface area contributed by atoms with Crippen LogP contribution in [0.4, 0.5) is 5.69 Å². The molecule has 1 amide bonds. The number of fused-ring (bicyclic) bond motifs is 1. The van der Waals surface area contributed by atoms with Crippen molar-refractivity contribution in [1.29, 1.82) is 0 Å². The fourth-order valence-electron chi connectivity index (χ4n) is 3.20. The number of carbonyl (C=O) groups is 1. The summed E-state index contributed by atoms with van der Waals surface area (Å²) in [7, 11) is 1.66. The van der Waals surface area contributed by atoms with E-state index in [1.807, 2.05) is 72.8 Å². The summed E-state index contributed by atoms with van der Waals surface area (Å²) in [4.78, 5) is 20.0. The van der Waals surface area contributed by atoms with Crippen molar-refractivity contribution < 1.29 is 9.53 Å². The zero-order valence-corrected chi connectivity index (χ0v) is 15.6. The third-order valence-corrected chi connectivity index (χ3v) is 4.61. The quantitative estimate of drug-likeness (QED) is 0.511. The van der Waals surface area contributed by atoms with Crippen molar-refractivity contribution in [2.45, 2.75) is 12.8 Å². The first-order valence-electron chi connectivity index (χ1n) is 9.20. The summed E-state index contributed by atoms with van der Waals surface area (Å²) < 4.78 is 5.41. The van der Waals surface area contributed by atoms with Gasteiger partial charge in [0.2, 0.25) is 5.91 Å². The van der Waals surface area contributed by atoms with Crippen LogP contribution in [0.2, 0.25) is 0 Å². The van der Waals surface area contributed by atoms with Crippen molar-refractivity contribution in [2.75, 3.05) is 12.4 Å². The summed E-state index contributed by atoms with van der Waals surface area (Å²) in [6, 6.07) is 23.5. The molecular weight excluding hydrogens is 350 g/mol. The largest absolute Gasteiger partial charge is 0.496 e. The molecular formula is C23H21N3O2. The van der Waals surface area contributed by atoms with Crippen molar-refractivity contribution in [3.63, 3.8) is 0 Å². The maximum Gasteiger partial charge on any atom is 0.224 e. The minimum Gasteiger partial charge on any atom is -0.496 e. The molecule has 5 nitrogen and oxygen atoms in total. The number of anilines is 1. The number of methoxy groups -OCH3 is 1. The van der Waals surface area contributed by atoms with Gasteiger partial charge in [-0.3, -0.25) is 4.79 Å². The summed E-state index contributed by atoms with van der Waals surface area (Å²) in [5, 5.41) is 2.94. The molecule has 4 aromatic rings. The first kappa shape index (κ1) is 17.8. The lowest BCUT2D eigenvalue weighted by atomic mass is 10.0. The van der Waals surface area contributed by atoms with E-state index in [1.54, 1.807) is 7.11 Å². The molecule has 4 rings (SSSR count). The highest BCUT2D eigenvalue weighted by Gasteiger charge is 2.08. The number of benzene rings is 3. The van der Waals surface area contributed by atoms with E-state index < -0.39 is 0 Å². The molecule has 0 saturated carbocycles. The Bertz CT molecular complexity index is 1070. The summed E-state index contributed by atoms with van der Waals surface area (Å²) in [5.74, 6) is 1.61. The average molecular weight is 371 g/mol. The standard InChI is InChI=1S/C23H21N3O2/c1-28-21-9-5-2-6-18(21)16-10-12-17(13-11-16)24-23(27)15-14-22-25-19-7-3-4-8-20(19)26-22/h2-13H,14-15H2,1H3,(H,24,27)(H,25,26). The zero-order chi connectivity index (χ0) is 19.3. The Morgan fingerprint density at radius 1 is 1.00 bits per heavy atom. The Balaban J connectivity index is 1.38. The van der Waals surface area contributed by atoms with Gasteiger partial charge in [0.05, 0.1) is 18.1 Å². The van der Waals surface area contributed by atoms with Gasteiger partial charge in [0.25, 0.3) is 0 Å². The third kappa shape index (κ3) is 3.88. The molecule has 0 radical (unpaired) electrons. The number of aromatic nitrogens is 2. The zero-order valence-electron chi connectivity index (χ0n) is 15.6. The van der Waals surface area contributed by atoms with Crippen LogP contribution >= 0.6 is 0 Å². The Hall–Kier alpha value is -3.60. The Morgan fingerprint density at radius 3 is 2.54 bits per heavy atom. The average Bonchev–Trinajstić information content (AvgIpc) is 3.16. The molecule has 3 aromatic carbocycles. The van der Waals surface area contributed by atoms with Gasteiger partial charge in [0, 0.05) is 24.1 Å². The molecule has 1 heterocycles. The molecule has 0 saturated heterocycles. The number of rotatable bonds is 6. The predicted octanol–water partition coefficient (Wildman–Crippen LogP) is 4.81. The second-order valence-corrected chi connectivity index (χ2v) is 6.53. The van der Waals surface area contributed by atoms with Crippen LogP contribution in [0.1, 0.15) is 12.2 Å². The van der Waals surface area contributed by atoms with Gasteiger partial charge in [-0.05, 0) is 35.9 Å². The molecule has 0 aliphatic heterocycles. The molecule has 0 bridgehead atoms. The Morgan fingerprint density at radius 2 is 1.75 bits per heavy atom. The van der Waals surface area contributed by atoms with E-state index in [2.05, 4.69) is 15.3 Å². The van der Waals surface area contributed by atoms with E-state index in [4.69, 9.17) is 4.74 Å². The summed E-state index contributed by atoms with van der Waals surface area (Å²) in [6.07, 6.45) is 0.938. The van der Waals surface area contributed by atoms with Crippen LogP contribution in [0.3, 0.4) is 0 Å². The highest BCUT2D eigenvalue weighted by atomic mass is 16.5. The van der Waals surface area contributed by atoms with Crippen LogP contribution in [-0.2, 0) is 11.2 Å². The summed E-state index contributed by atoms with van der Waals surface area (Å²) in [5.41, 5.74) is 4.74. The van der Waals surface area contributed by atoms with Gasteiger partial charge in [-0.1, -0.05) is 42.5 Å². The predicted molar refractivity (Wildman–Crippen MR) is 111 cm³/mol. The minimum absolute atomic E-state index is 0.0366. The van der Waals surface area contributed by atoms with Crippen LogP contribution in [0.5, 0.6) is 5.75 Å². The number of carbonyl (C=O) groups excluding carboxylic acids is 1.